The highest BCUT2D eigenvalue weighted by atomic mass is 79.9. The molecule has 0 bridgehead atoms. The van der Waals surface area contributed by atoms with Crippen molar-refractivity contribution < 1.29 is 9.52 Å². The quantitative estimate of drug-likeness (QED) is 0.674. The van der Waals surface area contributed by atoms with E-state index >= 15 is 0 Å². The van der Waals surface area contributed by atoms with Crippen LogP contribution in [-0.2, 0) is 0 Å². The molecule has 0 saturated heterocycles. The molecule has 0 saturated carbocycles. The molecule has 19 heavy (non-hydrogen) atoms. The van der Waals surface area contributed by atoms with E-state index in [2.05, 4.69) is 31.9 Å². The molecule has 3 rings (SSSR count). The van der Waals surface area contributed by atoms with Crippen molar-refractivity contribution in [3.05, 3.63) is 69.0 Å². The lowest BCUT2D eigenvalue weighted by Crippen LogP contribution is -1.97. The molecule has 3 aromatic rings. The van der Waals surface area contributed by atoms with Gasteiger partial charge in [0.05, 0.1) is 4.47 Å². The SMILES string of the molecule is OC(c1ccc2ccccc2c1)c1cc(Br)c(Br)o1. The Kier molecular flexibility index (Phi) is 3.48. The molecular formula is C15H10Br2O2. The number of hydrogen-bond donors (Lipinski definition) is 1. The highest BCUT2D eigenvalue weighted by Crippen LogP contribution is 2.33. The molecule has 2 aromatic carbocycles. The van der Waals surface area contributed by atoms with Gasteiger partial charge >= 0.3 is 0 Å². The Morgan fingerprint density at radius 1 is 0.947 bits per heavy atom. The van der Waals surface area contributed by atoms with Crippen molar-refractivity contribution in [1.82, 2.24) is 0 Å². The Labute approximate surface area is 127 Å². The summed E-state index contributed by atoms with van der Waals surface area (Å²) in [5.41, 5.74) is 0.812. The van der Waals surface area contributed by atoms with Gasteiger partial charge in [-0.05, 0) is 60.3 Å². The number of rotatable bonds is 2. The van der Waals surface area contributed by atoms with Crippen molar-refractivity contribution in [2.75, 3.05) is 0 Å². The van der Waals surface area contributed by atoms with Crippen LogP contribution in [0, 0.1) is 0 Å². The third-order valence-electron chi connectivity index (χ3n) is 3.02. The molecule has 1 heterocycles. The second kappa shape index (κ2) is 5.12. The molecule has 96 valence electrons. The van der Waals surface area contributed by atoms with Crippen molar-refractivity contribution in [1.29, 1.82) is 0 Å². The first kappa shape index (κ1) is 12.9. The lowest BCUT2D eigenvalue weighted by molar-refractivity contribution is 0.188. The topological polar surface area (TPSA) is 33.4 Å². The molecule has 1 atom stereocenters. The largest absolute Gasteiger partial charge is 0.450 e. The van der Waals surface area contributed by atoms with Crippen LogP contribution in [0.3, 0.4) is 0 Å². The van der Waals surface area contributed by atoms with Gasteiger partial charge in [0, 0.05) is 0 Å². The maximum absolute atomic E-state index is 10.4. The maximum atomic E-state index is 10.4. The molecule has 0 aliphatic carbocycles. The number of hydrogen-bond acceptors (Lipinski definition) is 2. The van der Waals surface area contributed by atoms with Gasteiger partial charge in [0.25, 0.3) is 0 Å². The Hall–Kier alpha value is -1.10. The lowest BCUT2D eigenvalue weighted by Gasteiger charge is -2.09. The van der Waals surface area contributed by atoms with Gasteiger partial charge in [0.2, 0.25) is 0 Å². The van der Waals surface area contributed by atoms with Crippen molar-refractivity contribution in [3.63, 3.8) is 0 Å². The molecule has 0 spiro atoms. The molecule has 0 fully saturated rings. The first-order valence-corrected chi connectivity index (χ1v) is 7.35. The van der Waals surface area contributed by atoms with E-state index in [0.717, 1.165) is 20.8 Å². The van der Waals surface area contributed by atoms with Crippen LogP contribution in [0.15, 0.2) is 62.1 Å². The first-order valence-electron chi connectivity index (χ1n) is 5.76. The Morgan fingerprint density at radius 3 is 2.37 bits per heavy atom. The second-order valence-corrected chi connectivity index (χ2v) is 5.85. The maximum Gasteiger partial charge on any atom is 0.183 e. The van der Waals surface area contributed by atoms with E-state index in [1.54, 1.807) is 6.07 Å². The normalized spacial score (nSPS) is 12.8. The zero-order valence-electron chi connectivity index (χ0n) is 9.81. The van der Waals surface area contributed by atoms with Gasteiger partial charge in [-0.15, -0.1) is 0 Å². The van der Waals surface area contributed by atoms with E-state index in [4.69, 9.17) is 4.42 Å². The highest BCUT2D eigenvalue weighted by molar-refractivity contribution is 9.13. The number of furan rings is 1. The van der Waals surface area contributed by atoms with Crippen LogP contribution in [0.2, 0.25) is 0 Å². The number of fused-ring (bicyclic) bond motifs is 1. The monoisotopic (exact) mass is 380 g/mol. The fourth-order valence-corrected chi connectivity index (χ4v) is 2.65. The molecule has 1 N–H and O–H groups in total. The number of halogens is 2. The Bertz CT molecular complexity index is 714. The van der Waals surface area contributed by atoms with Crippen LogP contribution in [-0.4, -0.2) is 5.11 Å². The fraction of sp³-hybridized carbons (Fsp3) is 0.0667. The van der Waals surface area contributed by atoms with Gasteiger partial charge in [0.15, 0.2) is 4.67 Å². The number of aliphatic hydroxyl groups is 1. The minimum Gasteiger partial charge on any atom is -0.450 e. The first-order chi connectivity index (χ1) is 9.15. The van der Waals surface area contributed by atoms with Crippen molar-refractivity contribution in [3.8, 4) is 0 Å². The summed E-state index contributed by atoms with van der Waals surface area (Å²) in [6.07, 6.45) is -0.771. The second-order valence-electron chi connectivity index (χ2n) is 4.28. The molecule has 0 aliphatic rings. The molecule has 0 amide bonds. The lowest BCUT2D eigenvalue weighted by atomic mass is 10.0. The number of aliphatic hydroxyl groups excluding tert-OH is 1. The minimum atomic E-state index is -0.771. The molecule has 0 radical (unpaired) electrons. The predicted octanol–water partition coefficient (Wildman–Crippen LogP) is 5.04. The third kappa shape index (κ3) is 2.48. The standard InChI is InChI=1S/C15H10Br2O2/c16-12-8-13(19-15(12)17)14(18)11-6-5-9-3-1-2-4-10(9)7-11/h1-8,14,18H. The predicted molar refractivity (Wildman–Crippen MR) is 82.1 cm³/mol. The average molecular weight is 382 g/mol. The van der Waals surface area contributed by atoms with Gasteiger partial charge in [-0.25, -0.2) is 0 Å². The summed E-state index contributed by atoms with van der Waals surface area (Å²) in [5.74, 6) is 0.508. The van der Waals surface area contributed by atoms with Gasteiger partial charge in [-0.2, -0.15) is 0 Å². The molecule has 4 heteroatoms. The number of benzene rings is 2. The Morgan fingerprint density at radius 2 is 1.68 bits per heavy atom. The summed E-state index contributed by atoms with van der Waals surface area (Å²) in [4.78, 5) is 0. The van der Waals surface area contributed by atoms with E-state index in [0.29, 0.717) is 10.4 Å². The third-order valence-corrected chi connectivity index (χ3v) is 4.73. The van der Waals surface area contributed by atoms with Gasteiger partial charge < -0.3 is 9.52 Å². The molecule has 0 aliphatic heterocycles. The van der Waals surface area contributed by atoms with Crippen LogP contribution in [0.4, 0.5) is 0 Å². The van der Waals surface area contributed by atoms with E-state index < -0.39 is 6.10 Å². The Balaban J connectivity index is 2.03. The van der Waals surface area contributed by atoms with E-state index in [1.165, 1.54) is 0 Å². The summed E-state index contributed by atoms with van der Waals surface area (Å²) in [5, 5.41) is 12.6. The summed E-state index contributed by atoms with van der Waals surface area (Å²) in [7, 11) is 0. The smallest absolute Gasteiger partial charge is 0.183 e. The molecule has 2 nitrogen and oxygen atoms in total. The molecule has 1 unspecified atom stereocenters. The van der Waals surface area contributed by atoms with Crippen molar-refractivity contribution >= 4 is 42.6 Å². The van der Waals surface area contributed by atoms with Crippen molar-refractivity contribution in [2.45, 2.75) is 6.10 Å². The van der Waals surface area contributed by atoms with Crippen LogP contribution in [0.25, 0.3) is 10.8 Å². The van der Waals surface area contributed by atoms with E-state index in [9.17, 15) is 5.11 Å². The fourth-order valence-electron chi connectivity index (χ4n) is 2.04. The zero-order chi connectivity index (χ0) is 13.4. The zero-order valence-corrected chi connectivity index (χ0v) is 13.0. The van der Waals surface area contributed by atoms with Crippen LogP contribution in [0.5, 0.6) is 0 Å². The van der Waals surface area contributed by atoms with Gasteiger partial charge in [-0.1, -0.05) is 36.4 Å². The molecule has 1 aromatic heterocycles. The summed E-state index contributed by atoms with van der Waals surface area (Å²) >= 11 is 6.62. The summed E-state index contributed by atoms with van der Waals surface area (Å²) in [6, 6.07) is 15.7. The van der Waals surface area contributed by atoms with E-state index in [1.807, 2.05) is 42.5 Å². The summed E-state index contributed by atoms with van der Waals surface area (Å²) < 4.78 is 6.84. The van der Waals surface area contributed by atoms with E-state index in [-0.39, 0.29) is 0 Å². The van der Waals surface area contributed by atoms with Crippen LogP contribution < -0.4 is 0 Å². The van der Waals surface area contributed by atoms with Crippen LogP contribution >= 0.6 is 31.9 Å². The van der Waals surface area contributed by atoms with Gasteiger partial charge in [-0.3, -0.25) is 0 Å². The van der Waals surface area contributed by atoms with Crippen LogP contribution in [0.1, 0.15) is 17.4 Å². The average Bonchev–Trinajstić information content (AvgIpc) is 2.77. The molecular weight excluding hydrogens is 372 g/mol. The minimum absolute atomic E-state index is 0.508. The van der Waals surface area contributed by atoms with Crippen molar-refractivity contribution in [2.24, 2.45) is 0 Å². The summed E-state index contributed by atoms with van der Waals surface area (Å²) in [6.45, 7) is 0. The highest BCUT2D eigenvalue weighted by Gasteiger charge is 2.17. The van der Waals surface area contributed by atoms with Gasteiger partial charge in [0.1, 0.15) is 11.9 Å².